The number of aliphatic imine (C=N–C) groups is 1. The SMILES string of the molecule is CN(C)C(=O)CN=C(NCC1CCCO1)NC1CCN(C(=O)C2CCCC2)C1. The predicted octanol–water partition coefficient (Wildman–Crippen LogP) is 0.580. The van der Waals surface area contributed by atoms with Crippen molar-refractivity contribution in [2.75, 3.05) is 46.9 Å². The monoisotopic (exact) mass is 393 g/mol. The van der Waals surface area contributed by atoms with Crippen LogP contribution in [0, 0.1) is 5.92 Å². The molecule has 3 aliphatic rings. The molecule has 0 aromatic rings. The van der Waals surface area contributed by atoms with Crippen LogP contribution in [-0.2, 0) is 14.3 Å². The Morgan fingerprint density at radius 3 is 2.61 bits per heavy atom. The van der Waals surface area contributed by atoms with Crippen LogP contribution in [0.25, 0.3) is 0 Å². The van der Waals surface area contributed by atoms with E-state index in [1.807, 2.05) is 4.90 Å². The van der Waals surface area contributed by atoms with Gasteiger partial charge in [-0.05, 0) is 32.1 Å². The van der Waals surface area contributed by atoms with Gasteiger partial charge >= 0.3 is 0 Å². The highest BCUT2D eigenvalue weighted by Gasteiger charge is 2.32. The summed E-state index contributed by atoms with van der Waals surface area (Å²) in [4.78, 5) is 32.6. The molecule has 0 spiro atoms. The number of nitrogens with zero attached hydrogens (tertiary/aromatic N) is 3. The number of carbonyl (C=O) groups is 2. The lowest BCUT2D eigenvalue weighted by Crippen LogP contribution is -2.47. The van der Waals surface area contributed by atoms with Gasteiger partial charge in [-0.25, -0.2) is 4.99 Å². The van der Waals surface area contributed by atoms with Crippen molar-refractivity contribution < 1.29 is 14.3 Å². The molecule has 0 aromatic carbocycles. The highest BCUT2D eigenvalue weighted by Crippen LogP contribution is 2.27. The van der Waals surface area contributed by atoms with E-state index in [9.17, 15) is 9.59 Å². The average Bonchev–Trinajstić information content (AvgIpc) is 3.45. The van der Waals surface area contributed by atoms with Gasteiger partial charge in [-0.3, -0.25) is 9.59 Å². The van der Waals surface area contributed by atoms with Gasteiger partial charge in [0.25, 0.3) is 0 Å². The summed E-state index contributed by atoms with van der Waals surface area (Å²) in [6, 6.07) is 0.163. The molecule has 2 amide bonds. The highest BCUT2D eigenvalue weighted by atomic mass is 16.5. The number of amides is 2. The predicted molar refractivity (Wildman–Crippen MR) is 108 cm³/mol. The first-order chi connectivity index (χ1) is 13.5. The normalized spacial score (nSPS) is 25.9. The van der Waals surface area contributed by atoms with Crippen LogP contribution in [-0.4, -0.2) is 86.6 Å². The van der Waals surface area contributed by atoms with Gasteiger partial charge in [0.2, 0.25) is 11.8 Å². The molecule has 0 radical (unpaired) electrons. The Bertz CT molecular complexity index is 568. The van der Waals surface area contributed by atoms with E-state index in [1.165, 1.54) is 12.8 Å². The topological polar surface area (TPSA) is 86.3 Å². The first kappa shape index (κ1) is 20.9. The third-order valence-corrected chi connectivity index (χ3v) is 5.94. The molecular formula is C20H35N5O3. The van der Waals surface area contributed by atoms with Gasteiger partial charge in [-0.15, -0.1) is 0 Å². The zero-order valence-corrected chi connectivity index (χ0v) is 17.3. The molecule has 0 aromatic heterocycles. The van der Waals surface area contributed by atoms with Gasteiger partial charge < -0.3 is 25.2 Å². The molecule has 2 saturated heterocycles. The smallest absolute Gasteiger partial charge is 0.243 e. The van der Waals surface area contributed by atoms with E-state index in [4.69, 9.17) is 4.74 Å². The molecule has 1 saturated carbocycles. The number of likely N-dealkylation sites (tertiary alicyclic amines) is 1. The Morgan fingerprint density at radius 1 is 1.14 bits per heavy atom. The molecule has 8 heteroatoms. The Kier molecular flexibility index (Phi) is 7.53. The Balaban J connectivity index is 1.52. The first-order valence-corrected chi connectivity index (χ1v) is 10.7. The van der Waals surface area contributed by atoms with Gasteiger partial charge in [-0.2, -0.15) is 0 Å². The lowest BCUT2D eigenvalue weighted by atomic mass is 10.1. The number of likely N-dealkylation sites (N-methyl/N-ethyl adjacent to an activating group) is 1. The summed E-state index contributed by atoms with van der Waals surface area (Å²) < 4.78 is 5.67. The van der Waals surface area contributed by atoms with Gasteiger partial charge in [0.05, 0.1) is 6.10 Å². The van der Waals surface area contributed by atoms with Crippen LogP contribution in [0.2, 0.25) is 0 Å². The second kappa shape index (κ2) is 10.1. The van der Waals surface area contributed by atoms with Crippen molar-refractivity contribution in [3.63, 3.8) is 0 Å². The maximum Gasteiger partial charge on any atom is 0.243 e. The fraction of sp³-hybridized carbons (Fsp3) is 0.850. The molecule has 1 aliphatic carbocycles. The summed E-state index contributed by atoms with van der Waals surface area (Å²) in [5.41, 5.74) is 0. The summed E-state index contributed by atoms with van der Waals surface area (Å²) in [6.45, 7) is 3.09. The minimum absolute atomic E-state index is 0.0392. The average molecular weight is 394 g/mol. The number of hydrogen-bond donors (Lipinski definition) is 2. The third kappa shape index (κ3) is 5.83. The second-order valence-electron chi connectivity index (χ2n) is 8.36. The lowest BCUT2D eigenvalue weighted by molar-refractivity contribution is -0.134. The number of nitrogens with one attached hydrogen (secondary N) is 2. The summed E-state index contributed by atoms with van der Waals surface area (Å²) in [5, 5.41) is 6.75. The molecule has 3 fully saturated rings. The quantitative estimate of drug-likeness (QED) is 0.509. The van der Waals surface area contributed by atoms with Crippen molar-refractivity contribution in [2.24, 2.45) is 10.9 Å². The minimum Gasteiger partial charge on any atom is -0.376 e. The van der Waals surface area contributed by atoms with E-state index in [1.54, 1.807) is 19.0 Å². The molecule has 8 nitrogen and oxygen atoms in total. The molecule has 28 heavy (non-hydrogen) atoms. The molecule has 2 N–H and O–H groups in total. The molecule has 158 valence electrons. The molecular weight excluding hydrogens is 358 g/mol. The molecule has 0 bridgehead atoms. The number of ether oxygens (including phenoxy) is 1. The van der Waals surface area contributed by atoms with E-state index in [0.29, 0.717) is 25.0 Å². The maximum absolute atomic E-state index is 12.7. The number of carbonyl (C=O) groups excluding carboxylic acids is 2. The van der Waals surface area contributed by atoms with Crippen molar-refractivity contribution in [2.45, 2.75) is 57.1 Å². The molecule has 3 rings (SSSR count). The van der Waals surface area contributed by atoms with Crippen molar-refractivity contribution >= 4 is 17.8 Å². The van der Waals surface area contributed by atoms with E-state index < -0.39 is 0 Å². The van der Waals surface area contributed by atoms with Gasteiger partial charge in [0.1, 0.15) is 6.54 Å². The van der Waals surface area contributed by atoms with E-state index >= 15 is 0 Å². The van der Waals surface area contributed by atoms with Crippen molar-refractivity contribution in [1.29, 1.82) is 0 Å². The van der Waals surface area contributed by atoms with Crippen LogP contribution in [0.4, 0.5) is 0 Å². The van der Waals surface area contributed by atoms with Crippen LogP contribution in [0.15, 0.2) is 4.99 Å². The number of hydrogen-bond acceptors (Lipinski definition) is 4. The Hall–Kier alpha value is -1.83. The minimum atomic E-state index is -0.0392. The van der Waals surface area contributed by atoms with Gasteiger partial charge in [0.15, 0.2) is 5.96 Å². The van der Waals surface area contributed by atoms with Crippen molar-refractivity contribution in [3.05, 3.63) is 0 Å². The lowest BCUT2D eigenvalue weighted by Gasteiger charge is -2.22. The maximum atomic E-state index is 12.7. The summed E-state index contributed by atoms with van der Waals surface area (Å²) in [6.07, 6.45) is 7.66. The first-order valence-electron chi connectivity index (χ1n) is 10.7. The van der Waals surface area contributed by atoms with Crippen molar-refractivity contribution in [3.8, 4) is 0 Å². The molecule has 2 aliphatic heterocycles. The Morgan fingerprint density at radius 2 is 1.93 bits per heavy atom. The number of guanidine groups is 1. The van der Waals surface area contributed by atoms with E-state index in [-0.39, 0.29) is 30.5 Å². The summed E-state index contributed by atoms with van der Waals surface area (Å²) >= 11 is 0. The standard InChI is InChI=1S/C20H35N5O3/c1-24(2)18(26)13-22-20(21-12-17-8-5-11-28-17)23-16-9-10-25(14-16)19(27)15-6-3-4-7-15/h15-17H,3-14H2,1-2H3,(H2,21,22,23). The van der Waals surface area contributed by atoms with Crippen LogP contribution in [0.5, 0.6) is 0 Å². The van der Waals surface area contributed by atoms with Crippen molar-refractivity contribution in [1.82, 2.24) is 20.4 Å². The largest absolute Gasteiger partial charge is 0.376 e. The van der Waals surface area contributed by atoms with Crippen LogP contribution in [0.1, 0.15) is 44.9 Å². The van der Waals surface area contributed by atoms with Crippen LogP contribution < -0.4 is 10.6 Å². The van der Waals surface area contributed by atoms with Crippen LogP contribution in [0.3, 0.4) is 0 Å². The van der Waals surface area contributed by atoms with Gasteiger partial charge in [-0.1, -0.05) is 12.8 Å². The highest BCUT2D eigenvalue weighted by molar-refractivity contribution is 5.85. The van der Waals surface area contributed by atoms with E-state index in [2.05, 4.69) is 15.6 Å². The number of rotatable bonds is 6. The van der Waals surface area contributed by atoms with Crippen LogP contribution >= 0.6 is 0 Å². The van der Waals surface area contributed by atoms with Gasteiger partial charge in [0, 0.05) is 52.3 Å². The zero-order chi connectivity index (χ0) is 19.9. The fourth-order valence-electron chi connectivity index (χ4n) is 4.16. The Labute approximate surface area is 168 Å². The second-order valence-corrected chi connectivity index (χ2v) is 8.36. The summed E-state index contributed by atoms with van der Waals surface area (Å²) in [7, 11) is 3.46. The molecule has 2 atom stereocenters. The zero-order valence-electron chi connectivity index (χ0n) is 17.3. The third-order valence-electron chi connectivity index (χ3n) is 5.94. The molecule has 2 heterocycles. The fourth-order valence-corrected chi connectivity index (χ4v) is 4.16. The molecule has 2 unspecified atom stereocenters. The summed E-state index contributed by atoms with van der Waals surface area (Å²) in [5.74, 6) is 1.13. The van der Waals surface area contributed by atoms with E-state index in [0.717, 1.165) is 45.3 Å².